The molecule has 3 heterocycles. The van der Waals surface area contributed by atoms with Gasteiger partial charge in [0.25, 0.3) is 5.91 Å². The van der Waals surface area contributed by atoms with E-state index in [2.05, 4.69) is 39.5 Å². The highest BCUT2D eigenvalue weighted by atomic mass is 32.2. The van der Waals surface area contributed by atoms with Crippen LogP contribution in [0.3, 0.4) is 0 Å². The van der Waals surface area contributed by atoms with Crippen molar-refractivity contribution in [2.75, 3.05) is 13.1 Å². The topological polar surface area (TPSA) is 57.6 Å². The number of nitrogens with zero attached hydrogens (tertiary/aromatic N) is 3. The zero-order chi connectivity index (χ0) is 21.0. The summed E-state index contributed by atoms with van der Waals surface area (Å²) in [6, 6.07) is 18.1. The van der Waals surface area contributed by atoms with Crippen molar-refractivity contribution in [1.29, 1.82) is 0 Å². The average molecular weight is 429 g/mol. The molecule has 5 rings (SSSR count). The molecule has 0 radical (unpaired) electrons. The van der Waals surface area contributed by atoms with Gasteiger partial charge >= 0.3 is 0 Å². The van der Waals surface area contributed by atoms with E-state index in [-0.39, 0.29) is 5.91 Å². The third-order valence-electron chi connectivity index (χ3n) is 5.63. The maximum absolute atomic E-state index is 12.8. The Bertz CT molecular complexity index is 1120. The molecule has 1 amide bonds. The van der Waals surface area contributed by atoms with Gasteiger partial charge in [-0.25, -0.2) is 4.99 Å². The lowest BCUT2D eigenvalue weighted by Crippen LogP contribution is -2.36. The summed E-state index contributed by atoms with van der Waals surface area (Å²) < 4.78 is 0. The summed E-state index contributed by atoms with van der Waals surface area (Å²) in [5.41, 5.74) is 3.63. The Labute approximate surface area is 186 Å². The van der Waals surface area contributed by atoms with Crippen LogP contribution in [0, 0.1) is 0 Å². The zero-order valence-corrected chi connectivity index (χ0v) is 18.1. The minimum absolute atomic E-state index is 0.104. The Morgan fingerprint density at radius 3 is 2.71 bits per heavy atom. The molecule has 6 heteroatoms. The molecule has 2 aromatic carbocycles. The minimum Gasteiger partial charge on any atom is -0.356 e. The summed E-state index contributed by atoms with van der Waals surface area (Å²) in [7, 11) is 0. The van der Waals surface area contributed by atoms with Gasteiger partial charge in [0.2, 0.25) is 0 Å². The number of carbonyl (C=O) groups is 1. The first-order chi connectivity index (χ1) is 15.3. The van der Waals surface area contributed by atoms with Crippen molar-refractivity contribution in [2.45, 2.75) is 35.6 Å². The van der Waals surface area contributed by atoms with Crippen LogP contribution in [0.2, 0.25) is 0 Å². The molecule has 0 bridgehead atoms. The molecular weight excluding hydrogens is 404 g/mol. The van der Waals surface area contributed by atoms with Crippen molar-refractivity contribution < 1.29 is 4.79 Å². The monoisotopic (exact) mass is 428 g/mol. The molecule has 2 aliphatic heterocycles. The number of hydrogen-bond donors (Lipinski definition) is 1. The number of amides is 1. The molecule has 2 aliphatic rings. The fourth-order valence-corrected chi connectivity index (χ4v) is 5.00. The first-order valence-corrected chi connectivity index (χ1v) is 11.5. The van der Waals surface area contributed by atoms with Crippen molar-refractivity contribution in [3.63, 3.8) is 0 Å². The molecule has 156 valence electrons. The molecule has 0 unspecified atom stereocenters. The summed E-state index contributed by atoms with van der Waals surface area (Å²) in [4.78, 5) is 26.7. The predicted molar refractivity (Wildman–Crippen MR) is 124 cm³/mol. The highest BCUT2D eigenvalue weighted by Crippen LogP contribution is 2.41. The number of aliphatic imine (C=N–C) groups is 1. The van der Waals surface area contributed by atoms with E-state index in [1.165, 1.54) is 29.7 Å². The van der Waals surface area contributed by atoms with E-state index in [4.69, 9.17) is 4.99 Å². The van der Waals surface area contributed by atoms with Crippen molar-refractivity contribution in [2.24, 2.45) is 4.99 Å². The Morgan fingerprint density at radius 2 is 1.87 bits per heavy atom. The molecule has 5 nitrogen and oxygen atoms in total. The number of pyridine rings is 1. The number of rotatable bonds is 3. The van der Waals surface area contributed by atoms with E-state index in [0.29, 0.717) is 12.1 Å². The molecular formula is C25H24N4OS. The van der Waals surface area contributed by atoms with E-state index in [1.807, 2.05) is 30.3 Å². The van der Waals surface area contributed by atoms with E-state index >= 15 is 0 Å². The van der Waals surface area contributed by atoms with Gasteiger partial charge in [0.15, 0.2) is 0 Å². The van der Waals surface area contributed by atoms with Gasteiger partial charge < -0.3 is 10.2 Å². The highest BCUT2D eigenvalue weighted by molar-refractivity contribution is 7.99. The third-order valence-corrected chi connectivity index (χ3v) is 6.77. The van der Waals surface area contributed by atoms with Gasteiger partial charge in [-0.1, -0.05) is 36.0 Å². The minimum atomic E-state index is -0.104. The second-order valence-electron chi connectivity index (χ2n) is 7.81. The Morgan fingerprint density at radius 1 is 1.00 bits per heavy atom. The van der Waals surface area contributed by atoms with Crippen molar-refractivity contribution in [3.8, 4) is 0 Å². The summed E-state index contributed by atoms with van der Waals surface area (Å²) >= 11 is 1.72. The predicted octanol–water partition coefficient (Wildman–Crippen LogP) is 5.04. The quantitative estimate of drug-likeness (QED) is 0.635. The molecule has 31 heavy (non-hydrogen) atoms. The van der Waals surface area contributed by atoms with Gasteiger partial charge in [-0.3, -0.25) is 9.78 Å². The number of likely N-dealkylation sites (tertiary alicyclic amines) is 1. The highest BCUT2D eigenvalue weighted by Gasteiger charge is 2.23. The van der Waals surface area contributed by atoms with Crippen molar-refractivity contribution in [3.05, 3.63) is 83.7 Å². The Balaban J connectivity index is 1.46. The Hall–Kier alpha value is -3.12. The first-order valence-electron chi connectivity index (χ1n) is 10.7. The van der Waals surface area contributed by atoms with Crippen LogP contribution < -0.4 is 5.32 Å². The second-order valence-corrected chi connectivity index (χ2v) is 8.89. The fourth-order valence-electron chi connectivity index (χ4n) is 4.00. The van der Waals surface area contributed by atoms with Crippen LogP contribution in [-0.2, 0) is 6.54 Å². The SMILES string of the molecule is O=C(NCc1cccnc1)c1ccc2c(c1)N=C(N1CCCCC1)c1ccccc1S2. The van der Waals surface area contributed by atoms with Crippen LogP contribution in [0.4, 0.5) is 5.69 Å². The van der Waals surface area contributed by atoms with Gasteiger partial charge in [0.05, 0.1) is 5.69 Å². The number of benzene rings is 2. The van der Waals surface area contributed by atoms with Gasteiger partial charge in [-0.05, 0) is 55.2 Å². The fraction of sp³-hybridized carbons (Fsp3) is 0.240. The molecule has 0 aliphatic carbocycles. The number of carbonyl (C=O) groups excluding carboxylic acids is 1. The molecule has 1 saturated heterocycles. The Kier molecular flexibility index (Phi) is 5.71. The van der Waals surface area contributed by atoms with Crippen molar-refractivity contribution >= 4 is 29.2 Å². The lowest BCUT2D eigenvalue weighted by atomic mass is 10.1. The number of piperidine rings is 1. The van der Waals surface area contributed by atoms with Gasteiger partial charge in [0.1, 0.15) is 5.84 Å². The van der Waals surface area contributed by atoms with E-state index < -0.39 is 0 Å². The standard InChI is InChI=1S/C25H24N4OS/c30-25(27-17-18-7-6-12-26-16-18)19-10-11-23-21(15-19)28-24(29-13-4-1-5-14-29)20-8-2-3-9-22(20)31-23/h2-3,6-12,15-16H,1,4-5,13-14,17H2,(H,27,30). The summed E-state index contributed by atoms with van der Waals surface area (Å²) in [6.45, 7) is 2.50. The molecule has 1 fully saturated rings. The summed E-state index contributed by atoms with van der Waals surface area (Å²) in [6.07, 6.45) is 7.15. The molecule has 0 saturated carbocycles. The normalized spacial score (nSPS) is 15.4. The summed E-state index contributed by atoms with van der Waals surface area (Å²) in [5.74, 6) is 0.919. The maximum atomic E-state index is 12.8. The molecule has 0 atom stereocenters. The van der Waals surface area contributed by atoms with Crippen molar-refractivity contribution in [1.82, 2.24) is 15.2 Å². The average Bonchev–Trinajstić information content (AvgIpc) is 3.00. The third kappa shape index (κ3) is 4.35. The first kappa shape index (κ1) is 19.8. The zero-order valence-electron chi connectivity index (χ0n) is 17.3. The summed E-state index contributed by atoms with van der Waals surface area (Å²) in [5, 5.41) is 2.98. The van der Waals surface area contributed by atoms with Gasteiger partial charge in [-0.15, -0.1) is 0 Å². The number of hydrogen-bond acceptors (Lipinski definition) is 5. The van der Waals surface area contributed by atoms with E-state index in [9.17, 15) is 4.79 Å². The van der Waals surface area contributed by atoms with Crippen LogP contribution in [0.15, 0.2) is 81.8 Å². The van der Waals surface area contributed by atoms with Crippen LogP contribution in [0.5, 0.6) is 0 Å². The van der Waals surface area contributed by atoms with E-state index in [0.717, 1.165) is 35.1 Å². The molecule has 0 spiro atoms. The van der Waals surface area contributed by atoms with Gasteiger partial charge in [0, 0.05) is 52.9 Å². The second kappa shape index (κ2) is 8.94. The molecule has 1 aromatic heterocycles. The number of fused-ring (bicyclic) bond motifs is 2. The lowest BCUT2D eigenvalue weighted by molar-refractivity contribution is 0.0951. The number of nitrogens with one attached hydrogen (secondary N) is 1. The molecule has 3 aromatic rings. The lowest BCUT2D eigenvalue weighted by Gasteiger charge is -2.30. The number of amidine groups is 1. The number of aromatic nitrogens is 1. The smallest absolute Gasteiger partial charge is 0.251 e. The van der Waals surface area contributed by atoms with Gasteiger partial charge in [-0.2, -0.15) is 0 Å². The molecule has 1 N–H and O–H groups in total. The van der Waals surface area contributed by atoms with Crippen LogP contribution in [-0.4, -0.2) is 34.7 Å². The van der Waals surface area contributed by atoms with E-state index in [1.54, 1.807) is 24.2 Å². The maximum Gasteiger partial charge on any atom is 0.251 e. The van der Waals surface area contributed by atoms with Crippen LogP contribution in [0.1, 0.15) is 40.7 Å². The van der Waals surface area contributed by atoms with Crippen LogP contribution in [0.25, 0.3) is 0 Å². The van der Waals surface area contributed by atoms with Crippen LogP contribution >= 0.6 is 11.8 Å². The largest absolute Gasteiger partial charge is 0.356 e.